The van der Waals surface area contributed by atoms with Crippen molar-refractivity contribution in [2.75, 3.05) is 94.9 Å². The molecule has 264 valence electrons. The highest BCUT2D eigenvalue weighted by molar-refractivity contribution is 7.70. The van der Waals surface area contributed by atoms with Gasteiger partial charge in [0.05, 0.1) is 31.2 Å². The van der Waals surface area contributed by atoms with Crippen molar-refractivity contribution in [3.63, 3.8) is 0 Å². The van der Waals surface area contributed by atoms with Crippen LogP contribution in [0, 0.1) is 0 Å². The highest BCUT2D eigenvalue weighted by Gasteiger charge is 2.29. The third kappa shape index (κ3) is 9.23. The van der Waals surface area contributed by atoms with E-state index in [1.54, 1.807) is 20.4 Å². The van der Waals surface area contributed by atoms with Crippen molar-refractivity contribution in [2.24, 2.45) is 0 Å². The van der Waals surface area contributed by atoms with E-state index in [1.807, 2.05) is 30.3 Å². The molecule has 1 amide bonds. The second kappa shape index (κ2) is 16.1. The predicted octanol–water partition coefficient (Wildman–Crippen LogP) is 4.33. The van der Waals surface area contributed by atoms with Gasteiger partial charge < -0.3 is 35.5 Å². The van der Waals surface area contributed by atoms with Crippen LogP contribution < -0.4 is 36.2 Å². The fraction of sp³-hybridized carbons (Fsp3) is 0.514. The molecule has 0 spiro atoms. The average molecular weight is 710 g/mol. The highest BCUT2D eigenvalue weighted by Crippen LogP contribution is 2.39. The standard InChI is InChI=1S/C35H49ClN9O3P/c1-48-31-22-27(8-9-29(31)41-35-38-23-28(36)34(42-35)40-30-6-4-5-7-32(30)49(2,3)47)44-16-12-26(13-17-44)45-20-18-43(19-21-45)24-33(46)39-25-10-14-37-15-11-25/h4-9,22-23,25-26,37H,10-21,24H2,1-3H3,(H,39,46)(H2,38,40,41,42). The normalized spacial score (nSPS) is 18.7. The molecule has 6 rings (SSSR count). The molecule has 0 unspecified atom stereocenters. The number of benzene rings is 2. The van der Waals surface area contributed by atoms with Gasteiger partial charge in [0.1, 0.15) is 17.9 Å². The molecule has 3 aromatic rings. The Labute approximate surface area is 294 Å². The molecule has 0 atom stereocenters. The fourth-order valence-electron chi connectivity index (χ4n) is 7.01. The number of rotatable bonds is 11. The van der Waals surface area contributed by atoms with Crippen LogP contribution in [0.25, 0.3) is 0 Å². The first-order valence-corrected chi connectivity index (χ1v) is 20.2. The summed E-state index contributed by atoms with van der Waals surface area (Å²) in [5, 5.41) is 14.2. The number of methoxy groups -OCH3 is 1. The van der Waals surface area contributed by atoms with Gasteiger partial charge in [0.15, 0.2) is 5.82 Å². The number of halogens is 1. The summed E-state index contributed by atoms with van der Waals surface area (Å²) < 4.78 is 18.6. The third-order valence-electron chi connectivity index (χ3n) is 9.74. The van der Waals surface area contributed by atoms with E-state index in [0.29, 0.717) is 46.9 Å². The number of hydrogen-bond donors (Lipinski definition) is 4. The molecular weight excluding hydrogens is 661 g/mol. The van der Waals surface area contributed by atoms with Gasteiger partial charge in [-0.15, -0.1) is 0 Å². The Hall–Kier alpha value is -3.41. The molecule has 2 aromatic carbocycles. The molecule has 3 aliphatic heterocycles. The quantitative estimate of drug-likeness (QED) is 0.213. The summed E-state index contributed by atoms with van der Waals surface area (Å²) >= 11 is 6.46. The van der Waals surface area contributed by atoms with Crippen molar-refractivity contribution >= 4 is 58.8 Å². The summed E-state index contributed by atoms with van der Waals surface area (Å²) in [5.41, 5.74) is 2.55. The number of hydrogen-bond acceptors (Lipinski definition) is 11. The SMILES string of the molecule is COc1cc(N2CCC(N3CCN(CC(=O)NC4CCNCC4)CC3)CC2)ccc1Nc1ncc(Cl)c(Nc2ccccc2P(C)(C)=O)n1. The van der Waals surface area contributed by atoms with E-state index >= 15 is 0 Å². The smallest absolute Gasteiger partial charge is 0.234 e. The van der Waals surface area contributed by atoms with Crippen LogP contribution in [-0.2, 0) is 9.36 Å². The number of carbonyl (C=O) groups is 1. The van der Waals surface area contributed by atoms with Crippen LogP contribution in [0.4, 0.5) is 28.8 Å². The number of nitrogens with one attached hydrogen (secondary N) is 4. The summed E-state index contributed by atoms with van der Waals surface area (Å²) in [6, 6.07) is 14.5. The number of piperidine rings is 2. The summed E-state index contributed by atoms with van der Waals surface area (Å²) in [6.07, 6.45) is 5.77. The number of para-hydroxylation sites is 1. The maximum absolute atomic E-state index is 12.9. The molecule has 0 radical (unpaired) electrons. The Bertz CT molecular complexity index is 1630. The Balaban J connectivity index is 1.01. The zero-order valence-corrected chi connectivity index (χ0v) is 30.4. The molecule has 3 aliphatic rings. The Morgan fingerprint density at radius 3 is 2.43 bits per heavy atom. The van der Waals surface area contributed by atoms with Gasteiger partial charge in [0, 0.05) is 68.4 Å². The van der Waals surface area contributed by atoms with Crippen LogP contribution in [0.5, 0.6) is 5.75 Å². The van der Waals surface area contributed by atoms with Crippen molar-refractivity contribution in [2.45, 2.75) is 37.8 Å². The maximum atomic E-state index is 12.9. The second-order valence-electron chi connectivity index (χ2n) is 13.5. The number of nitrogens with zero attached hydrogens (tertiary/aromatic N) is 5. The van der Waals surface area contributed by atoms with Crippen molar-refractivity contribution in [1.29, 1.82) is 0 Å². The minimum Gasteiger partial charge on any atom is -0.494 e. The van der Waals surface area contributed by atoms with Gasteiger partial charge in [0.2, 0.25) is 11.9 Å². The van der Waals surface area contributed by atoms with E-state index in [-0.39, 0.29) is 5.91 Å². The molecule has 4 N–H and O–H groups in total. The van der Waals surface area contributed by atoms with E-state index < -0.39 is 7.14 Å². The van der Waals surface area contributed by atoms with E-state index in [0.717, 1.165) is 94.7 Å². The van der Waals surface area contributed by atoms with Crippen LogP contribution in [0.2, 0.25) is 5.02 Å². The van der Waals surface area contributed by atoms with E-state index in [2.05, 4.69) is 58.1 Å². The number of ether oxygens (including phenoxy) is 1. The molecule has 0 bridgehead atoms. The lowest BCUT2D eigenvalue weighted by molar-refractivity contribution is -0.123. The van der Waals surface area contributed by atoms with Crippen molar-refractivity contribution < 1.29 is 14.1 Å². The minimum atomic E-state index is -2.53. The van der Waals surface area contributed by atoms with Crippen LogP contribution in [0.3, 0.4) is 0 Å². The number of carbonyl (C=O) groups excluding carboxylic acids is 1. The average Bonchev–Trinajstić information content (AvgIpc) is 3.10. The fourth-order valence-corrected chi connectivity index (χ4v) is 8.30. The monoisotopic (exact) mass is 709 g/mol. The van der Waals surface area contributed by atoms with Gasteiger partial charge in [-0.2, -0.15) is 4.98 Å². The molecular formula is C35H49ClN9O3P. The van der Waals surface area contributed by atoms with E-state index in [9.17, 15) is 9.36 Å². The number of amides is 1. The summed E-state index contributed by atoms with van der Waals surface area (Å²) in [7, 11) is -0.867. The molecule has 4 heterocycles. The first-order chi connectivity index (χ1) is 23.7. The summed E-state index contributed by atoms with van der Waals surface area (Å²) in [5.74, 6) is 1.63. The molecule has 0 saturated carbocycles. The molecule has 0 aliphatic carbocycles. The predicted molar refractivity (Wildman–Crippen MR) is 199 cm³/mol. The van der Waals surface area contributed by atoms with Gasteiger partial charge in [-0.25, -0.2) is 4.98 Å². The van der Waals surface area contributed by atoms with Crippen LogP contribution in [-0.4, -0.2) is 117 Å². The minimum absolute atomic E-state index is 0.163. The zero-order valence-electron chi connectivity index (χ0n) is 28.8. The van der Waals surface area contributed by atoms with Crippen LogP contribution >= 0.6 is 18.7 Å². The third-order valence-corrected chi connectivity index (χ3v) is 11.6. The molecule has 3 fully saturated rings. The second-order valence-corrected chi connectivity index (χ2v) is 17.1. The first kappa shape index (κ1) is 35.4. The Morgan fingerprint density at radius 1 is 0.980 bits per heavy atom. The Morgan fingerprint density at radius 2 is 1.71 bits per heavy atom. The Kier molecular flexibility index (Phi) is 11.6. The van der Waals surface area contributed by atoms with Crippen molar-refractivity contribution in [1.82, 2.24) is 30.4 Å². The number of anilines is 5. The lowest BCUT2D eigenvalue weighted by Gasteiger charge is -2.43. The first-order valence-electron chi connectivity index (χ1n) is 17.3. The lowest BCUT2D eigenvalue weighted by atomic mass is 10.0. The van der Waals surface area contributed by atoms with Crippen LogP contribution in [0.15, 0.2) is 48.7 Å². The van der Waals surface area contributed by atoms with Gasteiger partial charge in [-0.05, 0) is 76.4 Å². The van der Waals surface area contributed by atoms with E-state index in [4.69, 9.17) is 16.3 Å². The largest absolute Gasteiger partial charge is 0.494 e. The highest BCUT2D eigenvalue weighted by atomic mass is 35.5. The molecule has 3 saturated heterocycles. The van der Waals surface area contributed by atoms with Gasteiger partial charge in [-0.1, -0.05) is 23.7 Å². The molecule has 12 nitrogen and oxygen atoms in total. The maximum Gasteiger partial charge on any atom is 0.234 e. The van der Waals surface area contributed by atoms with Crippen LogP contribution in [0.1, 0.15) is 25.7 Å². The molecule has 49 heavy (non-hydrogen) atoms. The van der Waals surface area contributed by atoms with E-state index in [1.165, 1.54) is 6.20 Å². The van der Waals surface area contributed by atoms with Gasteiger partial charge in [-0.3, -0.25) is 14.6 Å². The summed E-state index contributed by atoms with van der Waals surface area (Å²) in [6.45, 7) is 11.8. The molecule has 1 aromatic heterocycles. The lowest BCUT2D eigenvalue weighted by Crippen LogP contribution is -2.55. The number of piperazine rings is 1. The molecule has 14 heteroatoms. The van der Waals surface area contributed by atoms with Gasteiger partial charge in [0.25, 0.3) is 0 Å². The topological polar surface area (TPSA) is 127 Å². The summed E-state index contributed by atoms with van der Waals surface area (Å²) in [4.78, 5) is 28.9. The van der Waals surface area contributed by atoms with Crippen molar-refractivity contribution in [3.8, 4) is 5.75 Å². The van der Waals surface area contributed by atoms with Crippen molar-refractivity contribution in [3.05, 3.63) is 53.7 Å². The number of aromatic nitrogens is 2. The van der Waals surface area contributed by atoms with Gasteiger partial charge >= 0.3 is 0 Å². The zero-order chi connectivity index (χ0) is 34.4.